The molecule has 0 spiro atoms. The molecule has 0 aromatic carbocycles. The van der Waals surface area contributed by atoms with Gasteiger partial charge < -0.3 is 15.4 Å². The van der Waals surface area contributed by atoms with Crippen LogP contribution in [0.15, 0.2) is 6.07 Å². The summed E-state index contributed by atoms with van der Waals surface area (Å²) in [5.74, 6) is 2.88. The van der Waals surface area contributed by atoms with Gasteiger partial charge in [-0.3, -0.25) is 0 Å². The molecule has 2 unspecified atom stereocenters. The molecule has 0 amide bonds. The van der Waals surface area contributed by atoms with Gasteiger partial charge in [0.2, 0.25) is 5.88 Å². The number of ether oxygens (including phenoxy) is 1. The molecule has 0 radical (unpaired) electrons. The second-order valence-electron chi connectivity index (χ2n) is 4.58. The van der Waals surface area contributed by atoms with Gasteiger partial charge in [-0.05, 0) is 19.3 Å². The number of hydrogen-bond acceptors (Lipinski definition) is 5. The number of anilines is 1. The van der Waals surface area contributed by atoms with Crippen molar-refractivity contribution in [1.82, 2.24) is 9.97 Å². The van der Waals surface area contributed by atoms with Crippen LogP contribution in [-0.4, -0.2) is 36.2 Å². The number of methoxy groups -OCH3 is 1. The summed E-state index contributed by atoms with van der Waals surface area (Å²) >= 11 is 0. The minimum absolute atomic E-state index is 0.369. The number of aryl methyl sites for hydroxylation is 1. The van der Waals surface area contributed by atoms with Crippen LogP contribution in [0.3, 0.4) is 0 Å². The van der Waals surface area contributed by atoms with Gasteiger partial charge in [-0.1, -0.05) is 6.92 Å². The Balaban J connectivity index is 2.30. The van der Waals surface area contributed by atoms with E-state index >= 15 is 0 Å². The van der Waals surface area contributed by atoms with E-state index < -0.39 is 0 Å². The highest BCUT2D eigenvalue weighted by Gasteiger charge is 2.31. The lowest BCUT2D eigenvalue weighted by atomic mass is 10.0. The van der Waals surface area contributed by atoms with E-state index in [1.165, 1.54) is 0 Å². The number of aromatic nitrogens is 2. The number of rotatable bonds is 3. The standard InChI is InChI=1S/C12H20N4O/c1-8-4-5-16(10(8)7-13)11-6-12(17-3)15-9(2)14-11/h6,8,10H,4-5,7,13H2,1-3H3. The van der Waals surface area contributed by atoms with Crippen LogP contribution in [0.1, 0.15) is 19.2 Å². The monoisotopic (exact) mass is 236 g/mol. The molecule has 2 rings (SSSR count). The van der Waals surface area contributed by atoms with Crippen LogP contribution in [0.5, 0.6) is 5.88 Å². The fourth-order valence-electron chi connectivity index (χ4n) is 2.43. The first kappa shape index (κ1) is 12.1. The van der Waals surface area contributed by atoms with Gasteiger partial charge in [-0.25, -0.2) is 4.98 Å². The minimum Gasteiger partial charge on any atom is -0.481 e. The first-order valence-corrected chi connectivity index (χ1v) is 6.02. The van der Waals surface area contributed by atoms with E-state index in [4.69, 9.17) is 10.5 Å². The van der Waals surface area contributed by atoms with E-state index in [1.54, 1.807) is 7.11 Å². The largest absolute Gasteiger partial charge is 0.481 e. The SMILES string of the molecule is COc1cc(N2CCC(C)C2CN)nc(C)n1. The Kier molecular flexibility index (Phi) is 3.47. The average molecular weight is 236 g/mol. The maximum atomic E-state index is 5.84. The van der Waals surface area contributed by atoms with Gasteiger partial charge in [0.1, 0.15) is 11.6 Å². The molecule has 1 aromatic heterocycles. The Morgan fingerprint density at radius 1 is 1.53 bits per heavy atom. The zero-order valence-corrected chi connectivity index (χ0v) is 10.7. The molecule has 17 heavy (non-hydrogen) atoms. The maximum absolute atomic E-state index is 5.84. The first-order valence-electron chi connectivity index (χ1n) is 6.02. The van der Waals surface area contributed by atoms with Crippen LogP contribution >= 0.6 is 0 Å². The van der Waals surface area contributed by atoms with Gasteiger partial charge in [0.25, 0.3) is 0 Å². The van der Waals surface area contributed by atoms with Gasteiger partial charge in [0.05, 0.1) is 7.11 Å². The third-order valence-corrected chi connectivity index (χ3v) is 3.43. The molecule has 2 atom stereocenters. The van der Waals surface area contributed by atoms with Gasteiger partial charge in [-0.15, -0.1) is 0 Å². The van der Waals surface area contributed by atoms with Crippen molar-refractivity contribution in [3.63, 3.8) is 0 Å². The molecule has 1 aliphatic heterocycles. The molecule has 1 aliphatic rings. The molecule has 2 N–H and O–H groups in total. The van der Waals surface area contributed by atoms with Gasteiger partial charge >= 0.3 is 0 Å². The third-order valence-electron chi connectivity index (χ3n) is 3.43. The highest BCUT2D eigenvalue weighted by Crippen LogP contribution is 2.29. The second-order valence-corrected chi connectivity index (χ2v) is 4.58. The second kappa shape index (κ2) is 4.87. The number of hydrogen-bond donors (Lipinski definition) is 1. The van der Waals surface area contributed by atoms with Crippen molar-refractivity contribution in [2.45, 2.75) is 26.3 Å². The molecular formula is C12H20N4O. The minimum atomic E-state index is 0.369. The lowest BCUT2D eigenvalue weighted by molar-refractivity contribution is 0.395. The molecule has 94 valence electrons. The van der Waals surface area contributed by atoms with Crippen LogP contribution in [0, 0.1) is 12.8 Å². The molecule has 0 aliphatic carbocycles. The highest BCUT2D eigenvalue weighted by atomic mass is 16.5. The van der Waals surface area contributed by atoms with Crippen molar-refractivity contribution in [3.8, 4) is 5.88 Å². The molecule has 5 heteroatoms. The summed E-state index contributed by atoms with van der Waals surface area (Å²) in [6.45, 7) is 5.78. The summed E-state index contributed by atoms with van der Waals surface area (Å²) in [4.78, 5) is 10.9. The predicted octanol–water partition coefficient (Wildman–Crippen LogP) is 0.967. The Hall–Kier alpha value is -1.36. The summed E-state index contributed by atoms with van der Waals surface area (Å²) < 4.78 is 5.18. The Morgan fingerprint density at radius 3 is 2.94 bits per heavy atom. The normalized spacial score (nSPS) is 24.1. The topological polar surface area (TPSA) is 64.3 Å². The molecule has 5 nitrogen and oxygen atoms in total. The van der Waals surface area contributed by atoms with Crippen molar-refractivity contribution in [2.24, 2.45) is 11.7 Å². The third kappa shape index (κ3) is 2.34. The Labute approximate surface area is 102 Å². The van der Waals surface area contributed by atoms with Gasteiger partial charge in [0, 0.05) is 25.2 Å². The van der Waals surface area contributed by atoms with Crippen molar-refractivity contribution in [1.29, 1.82) is 0 Å². The Bertz CT molecular complexity index is 396. The van der Waals surface area contributed by atoms with Crippen LogP contribution in [-0.2, 0) is 0 Å². The molecule has 1 saturated heterocycles. The molecule has 0 bridgehead atoms. The summed E-state index contributed by atoms with van der Waals surface area (Å²) in [5.41, 5.74) is 5.84. The van der Waals surface area contributed by atoms with E-state index in [0.29, 0.717) is 24.4 Å². The summed E-state index contributed by atoms with van der Waals surface area (Å²) in [7, 11) is 1.62. The lowest BCUT2D eigenvalue weighted by Gasteiger charge is -2.27. The smallest absolute Gasteiger partial charge is 0.218 e. The predicted molar refractivity (Wildman–Crippen MR) is 67.3 cm³/mol. The average Bonchev–Trinajstić information content (AvgIpc) is 2.69. The molecule has 1 fully saturated rings. The fraction of sp³-hybridized carbons (Fsp3) is 0.667. The zero-order chi connectivity index (χ0) is 12.4. The molecule has 0 saturated carbocycles. The number of nitrogens with two attached hydrogens (primary N) is 1. The summed E-state index contributed by atoms with van der Waals surface area (Å²) in [5, 5.41) is 0. The van der Waals surface area contributed by atoms with Crippen molar-refractivity contribution in [2.75, 3.05) is 25.1 Å². The quantitative estimate of drug-likeness (QED) is 0.847. The molecule has 2 heterocycles. The van der Waals surface area contributed by atoms with E-state index in [1.807, 2.05) is 13.0 Å². The zero-order valence-electron chi connectivity index (χ0n) is 10.7. The van der Waals surface area contributed by atoms with Gasteiger partial charge in [0.15, 0.2) is 0 Å². The summed E-state index contributed by atoms with van der Waals surface area (Å²) in [6.07, 6.45) is 1.16. The van der Waals surface area contributed by atoms with Crippen LogP contribution in [0.25, 0.3) is 0 Å². The van der Waals surface area contributed by atoms with E-state index in [2.05, 4.69) is 21.8 Å². The lowest BCUT2D eigenvalue weighted by Crippen LogP contribution is -2.39. The molecule has 1 aromatic rings. The maximum Gasteiger partial charge on any atom is 0.218 e. The fourth-order valence-corrected chi connectivity index (χ4v) is 2.43. The summed E-state index contributed by atoms with van der Waals surface area (Å²) in [6, 6.07) is 2.25. The van der Waals surface area contributed by atoms with Crippen molar-refractivity contribution >= 4 is 5.82 Å². The van der Waals surface area contributed by atoms with E-state index in [-0.39, 0.29) is 0 Å². The van der Waals surface area contributed by atoms with Gasteiger partial charge in [-0.2, -0.15) is 4.98 Å². The van der Waals surface area contributed by atoms with Crippen LogP contribution < -0.4 is 15.4 Å². The molecular weight excluding hydrogens is 216 g/mol. The Morgan fingerprint density at radius 2 is 2.29 bits per heavy atom. The van der Waals surface area contributed by atoms with E-state index in [0.717, 1.165) is 24.6 Å². The van der Waals surface area contributed by atoms with Crippen molar-refractivity contribution < 1.29 is 4.74 Å². The van der Waals surface area contributed by atoms with Crippen molar-refractivity contribution in [3.05, 3.63) is 11.9 Å². The van der Waals surface area contributed by atoms with Crippen LogP contribution in [0.4, 0.5) is 5.82 Å². The first-order chi connectivity index (χ1) is 8.15. The van der Waals surface area contributed by atoms with E-state index in [9.17, 15) is 0 Å². The number of nitrogens with zero attached hydrogens (tertiary/aromatic N) is 3. The van der Waals surface area contributed by atoms with Crippen LogP contribution in [0.2, 0.25) is 0 Å². The highest BCUT2D eigenvalue weighted by molar-refractivity contribution is 5.44.